The van der Waals surface area contributed by atoms with Crippen molar-refractivity contribution in [3.05, 3.63) is 47.5 Å². The number of likely N-dealkylation sites (N-methyl/N-ethyl adjacent to an activating group) is 1. The third-order valence-corrected chi connectivity index (χ3v) is 7.87. The van der Waals surface area contributed by atoms with Gasteiger partial charge in [-0.1, -0.05) is 23.4 Å². The molecular formula is C29H35F2N7O3. The number of alkyl halides is 1. The van der Waals surface area contributed by atoms with E-state index in [2.05, 4.69) is 31.5 Å². The Labute approximate surface area is 238 Å². The molecule has 218 valence electrons. The number of nitriles is 1. The van der Waals surface area contributed by atoms with Crippen LogP contribution in [0.3, 0.4) is 0 Å². The molecule has 0 saturated carbocycles. The predicted octanol–water partition coefficient (Wildman–Crippen LogP) is 4.21. The van der Waals surface area contributed by atoms with Crippen molar-refractivity contribution < 1.29 is 22.8 Å². The van der Waals surface area contributed by atoms with Gasteiger partial charge < -0.3 is 19.3 Å². The van der Waals surface area contributed by atoms with Crippen LogP contribution in [0.5, 0.6) is 11.8 Å². The maximum Gasteiger partial charge on any atom is 0.296 e. The summed E-state index contributed by atoms with van der Waals surface area (Å²) in [6.07, 6.45) is 0.681. The van der Waals surface area contributed by atoms with Crippen molar-refractivity contribution in [2.75, 3.05) is 20.1 Å². The molecule has 1 N–H and O–H groups in total. The molecule has 12 heteroatoms. The van der Waals surface area contributed by atoms with E-state index in [1.165, 1.54) is 6.07 Å². The lowest BCUT2D eigenvalue weighted by Gasteiger charge is -2.29. The zero-order chi connectivity index (χ0) is 29.1. The first-order valence-electron chi connectivity index (χ1n) is 13.9. The van der Waals surface area contributed by atoms with E-state index in [0.717, 1.165) is 6.42 Å². The number of benzene rings is 1. The van der Waals surface area contributed by atoms with Crippen LogP contribution in [0.1, 0.15) is 57.8 Å². The smallest absolute Gasteiger partial charge is 0.296 e. The lowest BCUT2D eigenvalue weighted by Crippen LogP contribution is -2.42. The van der Waals surface area contributed by atoms with Crippen molar-refractivity contribution in [2.45, 2.75) is 82.3 Å². The van der Waals surface area contributed by atoms with Crippen LogP contribution in [0.15, 0.2) is 34.9 Å². The monoisotopic (exact) mass is 567 g/mol. The maximum atomic E-state index is 14.6. The number of ether oxygens (including phenoxy) is 2. The first-order valence-corrected chi connectivity index (χ1v) is 13.9. The maximum absolute atomic E-state index is 14.6. The van der Waals surface area contributed by atoms with E-state index in [0.29, 0.717) is 37.9 Å². The number of hydrogen-bond acceptors (Lipinski definition) is 10. The van der Waals surface area contributed by atoms with Crippen LogP contribution < -0.4 is 14.8 Å². The molecule has 0 radical (unpaired) electrons. The molecule has 10 nitrogen and oxygen atoms in total. The minimum Gasteiger partial charge on any atom is -0.474 e. The second-order valence-electron chi connectivity index (χ2n) is 11.3. The van der Waals surface area contributed by atoms with Gasteiger partial charge >= 0.3 is 0 Å². The fourth-order valence-corrected chi connectivity index (χ4v) is 5.57. The summed E-state index contributed by atoms with van der Waals surface area (Å²) in [5.74, 6) is 0.507. The predicted molar refractivity (Wildman–Crippen MR) is 146 cm³/mol. The average Bonchev–Trinajstić information content (AvgIpc) is 3.56. The fourth-order valence-electron chi connectivity index (χ4n) is 5.57. The summed E-state index contributed by atoms with van der Waals surface area (Å²) >= 11 is 0. The van der Waals surface area contributed by atoms with Crippen LogP contribution in [0.4, 0.5) is 8.78 Å². The first-order chi connectivity index (χ1) is 19.6. The molecule has 2 aliphatic rings. The number of rotatable bonds is 9. The summed E-state index contributed by atoms with van der Waals surface area (Å²) in [6, 6.07) is 10.2. The van der Waals surface area contributed by atoms with Crippen LogP contribution in [0, 0.1) is 17.1 Å². The second kappa shape index (κ2) is 12.0. The summed E-state index contributed by atoms with van der Waals surface area (Å²) in [4.78, 5) is 15.5. The Morgan fingerprint density at radius 2 is 2.00 bits per heavy atom. The molecule has 2 aliphatic heterocycles. The van der Waals surface area contributed by atoms with Crippen molar-refractivity contribution >= 4 is 0 Å². The zero-order valence-corrected chi connectivity index (χ0v) is 23.7. The normalized spacial score (nSPS) is 24.1. The Kier molecular flexibility index (Phi) is 8.47. The van der Waals surface area contributed by atoms with Gasteiger partial charge in [0.2, 0.25) is 17.6 Å². The minimum absolute atomic E-state index is 0.0291. The van der Waals surface area contributed by atoms with Gasteiger partial charge in [0.1, 0.15) is 24.2 Å². The molecule has 0 amide bonds. The molecule has 0 aliphatic carbocycles. The van der Waals surface area contributed by atoms with Crippen LogP contribution in [-0.2, 0) is 5.41 Å². The van der Waals surface area contributed by atoms with Crippen LogP contribution >= 0.6 is 0 Å². The number of piperidine rings is 1. The lowest BCUT2D eigenvalue weighted by atomic mass is 9.83. The Morgan fingerprint density at radius 3 is 2.73 bits per heavy atom. The van der Waals surface area contributed by atoms with Crippen molar-refractivity contribution in [3.63, 3.8) is 0 Å². The van der Waals surface area contributed by atoms with Crippen molar-refractivity contribution in [3.8, 4) is 29.5 Å². The Bertz CT molecular complexity index is 1390. The average molecular weight is 568 g/mol. The van der Waals surface area contributed by atoms with E-state index in [1.807, 2.05) is 32.7 Å². The van der Waals surface area contributed by atoms with Gasteiger partial charge in [-0.2, -0.15) is 20.2 Å². The highest BCUT2D eigenvalue weighted by molar-refractivity contribution is 5.44. The number of hydrogen-bond donors (Lipinski definition) is 1. The summed E-state index contributed by atoms with van der Waals surface area (Å²) in [7, 11) is 1.87. The standard InChI is InChI=1S/C29H35F2N7O3/c1-17(23-13-18(30)16-38(23)4)39-24-15-25(40-20-10-12-33-19(14-20)9-11-32)35-26(34-24)27-36-28(37-41-27)29(2,3)21-7-5-6-8-22(21)31/h5-8,15,17-20,23,33H,9-10,12-14,16H2,1-4H3/t17-,18-,19+,20-,23-/m0/s1. The number of halogens is 2. The van der Waals surface area contributed by atoms with E-state index < -0.39 is 11.6 Å². The van der Waals surface area contributed by atoms with Gasteiger partial charge in [-0.05, 0) is 53.3 Å². The number of nitrogens with one attached hydrogen (secondary N) is 1. The van der Waals surface area contributed by atoms with E-state index >= 15 is 0 Å². The highest BCUT2D eigenvalue weighted by Gasteiger charge is 2.35. The summed E-state index contributed by atoms with van der Waals surface area (Å²) in [5, 5.41) is 16.6. The van der Waals surface area contributed by atoms with E-state index in [4.69, 9.17) is 19.3 Å². The van der Waals surface area contributed by atoms with Crippen LogP contribution in [-0.4, -0.2) is 75.6 Å². The molecule has 2 aromatic heterocycles. The van der Waals surface area contributed by atoms with Crippen molar-refractivity contribution in [1.82, 2.24) is 30.3 Å². The first kappa shape index (κ1) is 28.8. The molecule has 5 atom stereocenters. The molecule has 0 spiro atoms. The van der Waals surface area contributed by atoms with Gasteiger partial charge in [-0.15, -0.1) is 0 Å². The highest BCUT2D eigenvalue weighted by Crippen LogP contribution is 2.33. The van der Waals surface area contributed by atoms with Gasteiger partial charge in [0.05, 0.1) is 24.0 Å². The van der Waals surface area contributed by atoms with Gasteiger partial charge in [0.15, 0.2) is 5.82 Å². The molecule has 3 aromatic rings. The minimum atomic E-state index is -0.910. The van der Waals surface area contributed by atoms with Crippen molar-refractivity contribution in [1.29, 1.82) is 5.26 Å². The molecule has 4 heterocycles. The third-order valence-electron chi connectivity index (χ3n) is 7.87. The number of aromatic nitrogens is 4. The summed E-state index contributed by atoms with van der Waals surface area (Å²) in [6.45, 7) is 6.56. The Balaban J connectivity index is 1.44. The molecule has 2 saturated heterocycles. The van der Waals surface area contributed by atoms with Gasteiger partial charge in [0, 0.05) is 30.6 Å². The lowest BCUT2D eigenvalue weighted by molar-refractivity contribution is 0.113. The topological polar surface area (TPSA) is 122 Å². The largest absolute Gasteiger partial charge is 0.474 e. The number of nitrogens with zero attached hydrogens (tertiary/aromatic N) is 6. The molecule has 1 aromatic carbocycles. The molecule has 41 heavy (non-hydrogen) atoms. The zero-order valence-electron chi connectivity index (χ0n) is 23.7. The third kappa shape index (κ3) is 6.47. The van der Waals surface area contributed by atoms with E-state index in [1.54, 1.807) is 24.3 Å². The van der Waals surface area contributed by atoms with Gasteiger partial charge in [-0.3, -0.25) is 4.90 Å². The Morgan fingerprint density at radius 1 is 1.22 bits per heavy atom. The van der Waals surface area contributed by atoms with E-state index in [-0.39, 0.29) is 59.4 Å². The number of likely N-dealkylation sites (tertiary alicyclic amines) is 1. The van der Waals surface area contributed by atoms with Crippen LogP contribution in [0.2, 0.25) is 0 Å². The van der Waals surface area contributed by atoms with E-state index in [9.17, 15) is 8.78 Å². The van der Waals surface area contributed by atoms with Crippen LogP contribution in [0.25, 0.3) is 11.7 Å². The van der Waals surface area contributed by atoms with Gasteiger partial charge in [-0.25, -0.2) is 8.78 Å². The van der Waals surface area contributed by atoms with Crippen molar-refractivity contribution in [2.24, 2.45) is 0 Å². The fraction of sp³-hybridized carbons (Fsp3) is 0.552. The van der Waals surface area contributed by atoms with Gasteiger partial charge in [0.25, 0.3) is 5.89 Å². The molecule has 0 unspecified atom stereocenters. The highest BCUT2D eigenvalue weighted by atomic mass is 19.1. The quantitative estimate of drug-likeness (QED) is 0.402. The summed E-state index contributed by atoms with van der Waals surface area (Å²) < 4.78 is 46.7. The molecule has 0 bridgehead atoms. The molecular weight excluding hydrogens is 532 g/mol. The Hall–Kier alpha value is -3.69. The molecule has 5 rings (SSSR count). The summed E-state index contributed by atoms with van der Waals surface area (Å²) in [5.41, 5.74) is -0.469. The second-order valence-corrected chi connectivity index (χ2v) is 11.3. The molecule has 2 fully saturated rings. The SMILES string of the molecule is C[C@H](Oc1cc(O[C@H]2CCN[C@H](CC#N)C2)nc(-c2nc(C(C)(C)c3ccccc3F)no2)n1)[C@@H]1C[C@H](F)CN1C.